The standard InChI is InChI=1S/C20H32N4O4/c1-28-10-5-18(25)21-6-8-22(9-7-21)20(27)23-12-15-11-16(14-23)17-3-2-4-19(26)24(17)13-15/h15-17H,2-14H2,1H3/t15?,16?,17-/m1/s1. The van der Waals surface area contributed by atoms with Gasteiger partial charge in [0.05, 0.1) is 13.0 Å². The summed E-state index contributed by atoms with van der Waals surface area (Å²) in [5.41, 5.74) is 0. The lowest BCUT2D eigenvalue weighted by Gasteiger charge is -2.53. The molecule has 4 rings (SSSR count). The number of hydrogen-bond acceptors (Lipinski definition) is 4. The lowest BCUT2D eigenvalue weighted by molar-refractivity contribution is -0.144. The minimum Gasteiger partial charge on any atom is -0.384 e. The first-order chi connectivity index (χ1) is 13.6. The molecule has 4 heterocycles. The van der Waals surface area contributed by atoms with Gasteiger partial charge >= 0.3 is 6.03 Å². The van der Waals surface area contributed by atoms with Crippen LogP contribution in [0.1, 0.15) is 32.1 Å². The van der Waals surface area contributed by atoms with E-state index in [-0.39, 0.29) is 11.9 Å². The fourth-order valence-electron chi connectivity index (χ4n) is 5.46. The maximum absolute atomic E-state index is 13.1. The highest BCUT2D eigenvalue weighted by Crippen LogP contribution is 2.38. The zero-order valence-electron chi connectivity index (χ0n) is 16.8. The maximum atomic E-state index is 13.1. The van der Waals surface area contributed by atoms with Crippen molar-refractivity contribution in [2.75, 3.05) is 59.5 Å². The van der Waals surface area contributed by atoms with Crippen LogP contribution in [0, 0.1) is 11.8 Å². The number of urea groups is 1. The SMILES string of the molecule is COCCC(=O)N1CCN(C(=O)N2CC3CC(C2)[C@H]2CCCC(=O)N2C3)CC1. The van der Waals surface area contributed by atoms with E-state index in [0.717, 1.165) is 38.9 Å². The largest absolute Gasteiger partial charge is 0.384 e. The summed E-state index contributed by atoms with van der Waals surface area (Å²) in [6.45, 7) is 5.14. The van der Waals surface area contributed by atoms with Gasteiger partial charge in [-0.15, -0.1) is 0 Å². The zero-order valence-corrected chi connectivity index (χ0v) is 16.8. The van der Waals surface area contributed by atoms with E-state index in [9.17, 15) is 14.4 Å². The summed E-state index contributed by atoms with van der Waals surface area (Å²) in [4.78, 5) is 45.3. The molecular formula is C20H32N4O4. The molecule has 4 aliphatic rings. The molecule has 156 valence electrons. The summed E-state index contributed by atoms with van der Waals surface area (Å²) in [7, 11) is 1.60. The number of hydrogen-bond donors (Lipinski definition) is 0. The van der Waals surface area contributed by atoms with Crippen LogP contribution < -0.4 is 0 Å². The molecule has 4 saturated heterocycles. The van der Waals surface area contributed by atoms with E-state index in [4.69, 9.17) is 4.74 Å². The van der Waals surface area contributed by atoms with Crippen LogP contribution in [0.4, 0.5) is 4.79 Å². The number of methoxy groups -OCH3 is 1. The van der Waals surface area contributed by atoms with Gasteiger partial charge in [0.15, 0.2) is 0 Å². The minimum atomic E-state index is 0.100. The van der Waals surface area contributed by atoms with Crippen molar-refractivity contribution in [3.05, 3.63) is 0 Å². The van der Waals surface area contributed by atoms with Crippen LogP contribution >= 0.6 is 0 Å². The van der Waals surface area contributed by atoms with Crippen molar-refractivity contribution in [1.82, 2.24) is 19.6 Å². The average molecular weight is 393 g/mol. The summed E-state index contributed by atoms with van der Waals surface area (Å²) in [5, 5.41) is 0. The Morgan fingerprint density at radius 1 is 1.04 bits per heavy atom. The van der Waals surface area contributed by atoms with Crippen LogP contribution in [0.3, 0.4) is 0 Å². The van der Waals surface area contributed by atoms with Crippen molar-refractivity contribution >= 4 is 17.8 Å². The second-order valence-electron chi connectivity index (χ2n) is 8.67. The Hall–Kier alpha value is -1.83. The molecular weight excluding hydrogens is 360 g/mol. The molecule has 8 nitrogen and oxygen atoms in total. The summed E-state index contributed by atoms with van der Waals surface area (Å²) in [6, 6.07) is 0.428. The van der Waals surface area contributed by atoms with Gasteiger partial charge in [0, 0.05) is 65.4 Å². The van der Waals surface area contributed by atoms with Gasteiger partial charge in [0.25, 0.3) is 0 Å². The Morgan fingerprint density at radius 3 is 2.54 bits per heavy atom. The van der Waals surface area contributed by atoms with Gasteiger partial charge in [0.1, 0.15) is 0 Å². The minimum absolute atomic E-state index is 0.100. The van der Waals surface area contributed by atoms with Crippen molar-refractivity contribution in [3.63, 3.8) is 0 Å². The van der Waals surface area contributed by atoms with Gasteiger partial charge in [-0.25, -0.2) is 4.79 Å². The van der Waals surface area contributed by atoms with E-state index in [1.165, 1.54) is 0 Å². The molecule has 0 aliphatic carbocycles. The number of ether oxygens (including phenoxy) is 1. The predicted octanol–water partition coefficient (Wildman–Crippen LogP) is 0.620. The number of amides is 4. The van der Waals surface area contributed by atoms with Crippen molar-refractivity contribution < 1.29 is 19.1 Å². The molecule has 0 aromatic heterocycles. The molecule has 0 aromatic carbocycles. The number of rotatable bonds is 3. The van der Waals surface area contributed by atoms with E-state index in [2.05, 4.69) is 4.90 Å². The third-order valence-corrected chi connectivity index (χ3v) is 6.87. The van der Waals surface area contributed by atoms with Gasteiger partial charge < -0.3 is 24.3 Å². The van der Waals surface area contributed by atoms with E-state index in [1.54, 1.807) is 7.11 Å². The molecule has 0 aromatic rings. The predicted molar refractivity (Wildman–Crippen MR) is 103 cm³/mol. The molecule has 4 aliphatic heterocycles. The summed E-state index contributed by atoms with van der Waals surface area (Å²) in [5.74, 6) is 1.22. The van der Waals surface area contributed by atoms with Crippen molar-refractivity contribution in [2.24, 2.45) is 11.8 Å². The number of fused-ring (bicyclic) bond motifs is 4. The van der Waals surface area contributed by atoms with E-state index in [1.807, 2.05) is 14.7 Å². The number of piperidine rings is 3. The monoisotopic (exact) mass is 392 g/mol. The number of nitrogens with zero attached hydrogens (tertiary/aromatic N) is 4. The molecule has 0 radical (unpaired) electrons. The molecule has 4 amide bonds. The lowest BCUT2D eigenvalue weighted by atomic mass is 9.76. The zero-order chi connectivity index (χ0) is 19.7. The molecule has 0 N–H and O–H groups in total. The first-order valence-electron chi connectivity index (χ1n) is 10.7. The number of carbonyl (C=O) groups is 3. The normalized spacial score (nSPS) is 30.3. The summed E-state index contributed by atoms with van der Waals surface area (Å²) >= 11 is 0. The maximum Gasteiger partial charge on any atom is 0.320 e. The lowest BCUT2D eigenvalue weighted by Crippen LogP contribution is -2.63. The number of carbonyl (C=O) groups excluding carboxylic acids is 3. The second-order valence-corrected chi connectivity index (χ2v) is 8.67. The van der Waals surface area contributed by atoms with Crippen LogP contribution in [0.2, 0.25) is 0 Å². The van der Waals surface area contributed by atoms with Crippen LogP contribution in [0.15, 0.2) is 0 Å². The summed E-state index contributed by atoms with van der Waals surface area (Å²) in [6.07, 6.45) is 4.28. The van der Waals surface area contributed by atoms with E-state index < -0.39 is 0 Å². The molecule has 2 bridgehead atoms. The van der Waals surface area contributed by atoms with Crippen molar-refractivity contribution in [3.8, 4) is 0 Å². The third kappa shape index (κ3) is 3.83. The third-order valence-electron chi connectivity index (χ3n) is 6.87. The van der Waals surface area contributed by atoms with Gasteiger partial charge in [-0.05, 0) is 31.1 Å². The quantitative estimate of drug-likeness (QED) is 0.706. The Labute approximate surface area is 166 Å². The highest BCUT2D eigenvalue weighted by atomic mass is 16.5. The molecule has 8 heteroatoms. The first kappa shape index (κ1) is 19.5. The van der Waals surface area contributed by atoms with Crippen LogP contribution in [0.25, 0.3) is 0 Å². The molecule has 4 fully saturated rings. The fourth-order valence-corrected chi connectivity index (χ4v) is 5.46. The molecule has 28 heavy (non-hydrogen) atoms. The number of piperazine rings is 1. The highest BCUT2D eigenvalue weighted by Gasteiger charge is 2.45. The fraction of sp³-hybridized carbons (Fsp3) is 0.850. The van der Waals surface area contributed by atoms with Gasteiger partial charge in [0.2, 0.25) is 11.8 Å². The number of likely N-dealkylation sites (tertiary alicyclic amines) is 1. The molecule has 0 saturated carbocycles. The Bertz CT molecular complexity index is 619. The molecule has 2 unspecified atom stereocenters. The second kappa shape index (κ2) is 8.27. The van der Waals surface area contributed by atoms with Gasteiger partial charge in [-0.3, -0.25) is 9.59 Å². The van der Waals surface area contributed by atoms with Gasteiger partial charge in [-0.2, -0.15) is 0 Å². The van der Waals surface area contributed by atoms with Crippen LogP contribution in [-0.4, -0.2) is 103 Å². The Balaban J connectivity index is 1.32. The van der Waals surface area contributed by atoms with Gasteiger partial charge in [-0.1, -0.05) is 0 Å². The highest BCUT2D eigenvalue weighted by molar-refractivity contribution is 5.79. The van der Waals surface area contributed by atoms with Crippen molar-refractivity contribution in [2.45, 2.75) is 38.1 Å². The van der Waals surface area contributed by atoms with E-state index >= 15 is 0 Å². The Kier molecular flexibility index (Phi) is 5.75. The van der Waals surface area contributed by atoms with Crippen molar-refractivity contribution in [1.29, 1.82) is 0 Å². The van der Waals surface area contributed by atoms with Crippen LogP contribution in [-0.2, 0) is 14.3 Å². The summed E-state index contributed by atoms with van der Waals surface area (Å²) < 4.78 is 4.98. The average Bonchev–Trinajstić information content (AvgIpc) is 2.72. The first-order valence-corrected chi connectivity index (χ1v) is 10.7. The van der Waals surface area contributed by atoms with E-state index in [0.29, 0.717) is 69.4 Å². The Morgan fingerprint density at radius 2 is 1.79 bits per heavy atom. The topological polar surface area (TPSA) is 73.4 Å². The van der Waals surface area contributed by atoms with Crippen LogP contribution in [0.5, 0.6) is 0 Å². The smallest absolute Gasteiger partial charge is 0.320 e. The molecule has 3 atom stereocenters. The molecule has 0 spiro atoms.